The summed E-state index contributed by atoms with van der Waals surface area (Å²) in [4.78, 5) is 33.8. The van der Waals surface area contributed by atoms with Gasteiger partial charge in [0.15, 0.2) is 0 Å². The van der Waals surface area contributed by atoms with Gasteiger partial charge in [-0.05, 0) is 49.9 Å². The minimum Gasteiger partial charge on any atom is -0.395 e. The number of rotatable bonds is 12. The summed E-state index contributed by atoms with van der Waals surface area (Å²) in [6.07, 6.45) is 5.38. The Morgan fingerprint density at radius 3 is 1.50 bits per heavy atom. The van der Waals surface area contributed by atoms with Gasteiger partial charge in [-0.25, -0.2) is 4.79 Å². The molecule has 2 aromatic rings. The van der Waals surface area contributed by atoms with Crippen LogP contribution < -0.4 is 9.47 Å². The zero-order valence-electron chi connectivity index (χ0n) is 18.4. The normalized spacial score (nSPS) is 10.6. The molecule has 0 aliphatic carbocycles. The lowest BCUT2D eigenvalue weighted by atomic mass is 10.0. The van der Waals surface area contributed by atoms with Crippen molar-refractivity contribution in [2.75, 3.05) is 0 Å². The maximum Gasteiger partial charge on any atom is 0.519 e. The van der Waals surface area contributed by atoms with Crippen molar-refractivity contribution in [3.63, 3.8) is 0 Å². The molecule has 0 heterocycles. The number of carbonyl (C=O) groups excluding carboxylic acids is 1. The Balaban J connectivity index is 2.12. The number of carbonyl (C=O) groups is 1. The lowest BCUT2D eigenvalue weighted by Gasteiger charge is -2.09. The Morgan fingerprint density at radius 1 is 0.750 bits per heavy atom. The van der Waals surface area contributed by atoms with Crippen molar-refractivity contribution in [1.29, 1.82) is 0 Å². The Morgan fingerprint density at radius 2 is 1.16 bits per heavy atom. The number of nitro benzene ring substituents is 2. The van der Waals surface area contributed by atoms with E-state index in [1.165, 1.54) is 36.4 Å². The summed E-state index contributed by atoms with van der Waals surface area (Å²) in [7, 11) is 0. The number of nitrogens with zero attached hydrogens (tertiary/aromatic N) is 2. The Labute approximate surface area is 186 Å². The van der Waals surface area contributed by atoms with Crippen molar-refractivity contribution in [2.45, 2.75) is 65.2 Å². The molecule has 0 aliphatic rings. The SMILES string of the molecule is CCCCCc1cc(OC(=O)Oc2ccc([N+](=O)[O-])c(CCCCC)c2)ccc1[N+](=O)[O-]. The molecule has 0 saturated carbocycles. The van der Waals surface area contributed by atoms with Gasteiger partial charge in [-0.15, -0.1) is 0 Å². The van der Waals surface area contributed by atoms with Crippen LogP contribution in [0.5, 0.6) is 11.5 Å². The highest BCUT2D eigenvalue weighted by molar-refractivity contribution is 5.68. The van der Waals surface area contributed by atoms with Crippen LogP contribution in [0, 0.1) is 20.2 Å². The van der Waals surface area contributed by atoms with Crippen LogP contribution in [0.3, 0.4) is 0 Å². The highest BCUT2D eigenvalue weighted by Gasteiger charge is 2.18. The molecule has 0 unspecified atom stereocenters. The molecule has 0 amide bonds. The van der Waals surface area contributed by atoms with Gasteiger partial charge < -0.3 is 9.47 Å². The summed E-state index contributed by atoms with van der Waals surface area (Å²) < 4.78 is 10.4. The third-order valence-corrected chi connectivity index (χ3v) is 5.00. The molecule has 9 nitrogen and oxygen atoms in total. The fourth-order valence-corrected chi connectivity index (χ4v) is 3.35. The second kappa shape index (κ2) is 12.4. The van der Waals surface area contributed by atoms with Crippen LogP contribution in [-0.4, -0.2) is 16.0 Å². The van der Waals surface area contributed by atoms with E-state index in [-0.39, 0.29) is 22.9 Å². The predicted molar refractivity (Wildman–Crippen MR) is 119 cm³/mol. The minimum atomic E-state index is -1.02. The molecule has 0 N–H and O–H groups in total. The summed E-state index contributed by atoms with van der Waals surface area (Å²) in [6, 6.07) is 8.24. The van der Waals surface area contributed by atoms with Gasteiger partial charge in [0.05, 0.1) is 9.85 Å². The summed E-state index contributed by atoms with van der Waals surface area (Å²) in [5.74, 6) is 0.273. The number of aryl methyl sites for hydroxylation is 2. The van der Waals surface area contributed by atoms with E-state index in [2.05, 4.69) is 0 Å². The van der Waals surface area contributed by atoms with E-state index < -0.39 is 16.0 Å². The lowest BCUT2D eigenvalue weighted by molar-refractivity contribution is -0.385. The van der Waals surface area contributed by atoms with Crippen molar-refractivity contribution < 1.29 is 24.1 Å². The van der Waals surface area contributed by atoms with Crippen molar-refractivity contribution >= 4 is 17.5 Å². The fourth-order valence-electron chi connectivity index (χ4n) is 3.35. The Kier molecular flexibility index (Phi) is 9.59. The molecule has 0 saturated heterocycles. The first-order valence-electron chi connectivity index (χ1n) is 10.8. The summed E-state index contributed by atoms with van der Waals surface area (Å²) >= 11 is 0. The van der Waals surface area contributed by atoms with E-state index in [0.717, 1.165) is 38.5 Å². The molecule has 0 atom stereocenters. The van der Waals surface area contributed by atoms with Crippen LogP contribution in [0.2, 0.25) is 0 Å². The van der Waals surface area contributed by atoms with Gasteiger partial charge in [0.2, 0.25) is 0 Å². The van der Waals surface area contributed by atoms with E-state index in [0.29, 0.717) is 24.0 Å². The van der Waals surface area contributed by atoms with Gasteiger partial charge in [0.1, 0.15) is 11.5 Å². The Bertz CT molecular complexity index is 884. The predicted octanol–water partition coefficient (Wildman–Crippen LogP) is 6.55. The second-order valence-electron chi connectivity index (χ2n) is 7.46. The smallest absolute Gasteiger partial charge is 0.395 e. The number of hydrogen-bond donors (Lipinski definition) is 0. The maximum absolute atomic E-state index is 12.3. The van der Waals surface area contributed by atoms with Crippen LogP contribution in [0.15, 0.2) is 36.4 Å². The molecular formula is C23H28N2O7. The van der Waals surface area contributed by atoms with Crippen molar-refractivity contribution in [3.05, 3.63) is 67.8 Å². The van der Waals surface area contributed by atoms with Gasteiger partial charge in [-0.1, -0.05) is 39.5 Å². The molecule has 9 heteroatoms. The zero-order chi connectivity index (χ0) is 23.5. The molecule has 0 bridgehead atoms. The number of unbranched alkanes of at least 4 members (excludes halogenated alkanes) is 4. The average molecular weight is 444 g/mol. The van der Waals surface area contributed by atoms with E-state index in [1.54, 1.807) is 0 Å². The Hall–Kier alpha value is -3.49. The van der Waals surface area contributed by atoms with Gasteiger partial charge >= 0.3 is 6.16 Å². The third kappa shape index (κ3) is 7.33. The van der Waals surface area contributed by atoms with E-state index in [4.69, 9.17) is 9.47 Å². The van der Waals surface area contributed by atoms with Crippen LogP contribution in [0.25, 0.3) is 0 Å². The highest BCUT2D eigenvalue weighted by atomic mass is 16.7. The maximum atomic E-state index is 12.3. The van der Waals surface area contributed by atoms with Gasteiger partial charge in [-0.2, -0.15) is 0 Å². The second-order valence-corrected chi connectivity index (χ2v) is 7.46. The molecule has 32 heavy (non-hydrogen) atoms. The van der Waals surface area contributed by atoms with E-state index in [1.807, 2.05) is 13.8 Å². The monoisotopic (exact) mass is 444 g/mol. The van der Waals surface area contributed by atoms with Crippen LogP contribution >= 0.6 is 0 Å². The molecule has 0 radical (unpaired) electrons. The molecular weight excluding hydrogens is 416 g/mol. The lowest BCUT2D eigenvalue weighted by Crippen LogP contribution is -2.14. The topological polar surface area (TPSA) is 122 Å². The summed E-state index contributed by atoms with van der Waals surface area (Å²) in [6.45, 7) is 4.08. The fraction of sp³-hybridized carbons (Fsp3) is 0.435. The quantitative estimate of drug-likeness (QED) is 0.120. The first-order chi connectivity index (χ1) is 15.3. The van der Waals surface area contributed by atoms with Crippen molar-refractivity contribution in [3.8, 4) is 11.5 Å². The van der Waals surface area contributed by atoms with Crippen molar-refractivity contribution in [1.82, 2.24) is 0 Å². The van der Waals surface area contributed by atoms with E-state index >= 15 is 0 Å². The van der Waals surface area contributed by atoms with Crippen LogP contribution in [0.4, 0.5) is 16.2 Å². The first kappa shape index (κ1) is 24.8. The van der Waals surface area contributed by atoms with Gasteiger partial charge in [0.25, 0.3) is 11.4 Å². The number of nitro groups is 2. The number of benzene rings is 2. The van der Waals surface area contributed by atoms with Crippen LogP contribution in [-0.2, 0) is 12.8 Å². The van der Waals surface area contributed by atoms with Crippen LogP contribution in [0.1, 0.15) is 63.5 Å². The molecule has 0 fully saturated rings. The largest absolute Gasteiger partial charge is 0.519 e. The van der Waals surface area contributed by atoms with E-state index in [9.17, 15) is 25.0 Å². The zero-order valence-corrected chi connectivity index (χ0v) is 18.4. The summed E-state index contributed by atoms with van der Waals surface area (Å²) in [5.41, 5.74) is 0.937. The summed E-state index contributed by atoms with van der Waals surface area (Å²) in [5, 5.41) is 22.5. The van der Waals surface area contributed by atoms with Crippen molar-refractivity contribution in [2.24, 2.45) is 0 Å². The molecule has 0 aliphatic heterocycles. The molecule has 2 rings (SSSR count). The number of hydrogen-bond acceptors (Lipinski definition) is 7. The third-order valence-electron chi connectivity index (χ3n) is 5.00. The average Bonchev–Trinajstić information content (AvgIpc) is 2.74. The standard InChI is InChI=1S/C23H28N2O7/c1-3-5-7-9-17-15-19(11-13-21(17)24(27)28)31-23(26)32-20-12-14-22(25(29)30)18(16-20)10-8-6-4-2/h11-16H,3-10H2,1-2H3. The highest BCUT2D eigenvalue weighted by Crippen LogP contribution is 2.28. The van der Waals surface area contributed by atoms with Gasteiger partial charge in [-0.3, -0.25) is 20.2 Å². The first-order valence-corrected chi connectivity index (χ1v) is 10.8. The van der Waals surface area contributed by atoms with Gasteiger partial charge in [0, 0.05) is 23.3 Å². The molecule has 2 aromatic carbocycles. The minimum absolute atomic E-state index is 0.0195. The molecule has 172 valence electrons. The molecule has 0 spiro atoms. The number of ether oxygens (including phenoxy) is 2. The molecule has 0 aromatic heterocycles.